The van der Waals surface area contributed by atoms with E-state index in [9.17, 15) is 14.7 Å². The van der Waals surface area contributed by atoms with Crippen molar-refractivity contribution in [1.82, 2.24) is 0 Å². The Morgan fingerprint density at radius 1 is 1.44 bits per heavy atom. The average molecular weight is 350 g/mol. The van der Waals surface area contributed by atoms with E-state index in [1.54, 1.807) is 6.92 Å². The zero-order valence-corrected chi connectivity index (χ0v) is 15.3. The maximum Gasteiger partial charge on any atom is 0.436 e. The van der Waals surface area contributed by atoms with Crippen LogP contribution in [0.25, 0.3) is 0 Å². The van der Waals surface area contributed by atoms with Crippen LogP contribution in [-0.2, 0) is 23.5 Å². The lowest BCUT2D eigenvalue weighted by Crippen LogP contribution is -2.29. The fraction of sp³-hybridized carbons (Fsp3) is 0.632. The fourth-order valence-electron chi connectivity index (χ4n) is 3.67. The summed E-state index contributed by atoms with van der Waals surface area (Å²) >= 11 is 0. The van der Waals surface area contributed by atoms with Crippen LogP contribution in [0.15, 0.2) is 24.2 Å². The lowest BCUT2D eigenvalue weighted by molar-refractivity contribution is -0.426. The highest BCUT2D eigenvalue weighted by Gasteiger charge is 2.61. The van der Waals surface area contributed by atoms with Crippen LogP contribution >= 0.6 is 0 Å². The summed E-state index contributed by atoms with van der Waals surface area (Å²) in [6.45, 7) is 11.3. The number of carbonyl (C=O) groups excluding carboxylic acids is 3. The molecule has 6 heteroatoms. The molecule has 2 aliphatic rings. The molecule has 0 amide bonds. The van der Waals surface area contributed by atoms with Gasteiger partial charge < -0.3 is 14.6 Å². The number of hydrogen-bond acceptors (Lipinski definition) is 5. The number of carbonyl (C=O) groups is 2. The molecule has 1 aliphatic heterocycles. The van der Waals surface area contributed by atoms with E-state index in [4.69, 9.17) is 13.9 Å². The minimum Gasteiger partial charge on any atom is -0.869 e. The Kier molecular flexibility index (Phi) is 5.70. The van der Waals surface area contributed by atoms with Gasteiger partial charge in [0.15, 0.2) is 0 Å². The van der Waals surface area contributed by atoms with Crippen LogP contribution in [0, 0.1) is 17.3 Å². The van der Waals surface area contributed by atoms with E-state index in [-0.39, 0.29) is 53.9 Å². The van der Waals surface area contributed by atoms with Gasteiger partial charge in [-0.2, -0.15) is 0 Å². The second kappa shape index (κ2) is 7.42. The molecule has 0 N–H and O–H groups in total. The molecule has 0 aromatic carbocycles. The predicted octanol–water partition coefficient (Wildman–Crippen LogP) is 1.80. The molecular formula is C19H26O6. The molecule has 0 radical (unpaired) electrons. The molecule has 0 bridgehead atoms. The van der Waals surface area contributed by atoms with Crippen LogP contribution in [0.5, 0.6) is 0 Å². The summed E-state index contributed by atoms with van der Waals surface area (Å²) in [7, 11) is 0. The molecule has 0 unspecified atom stereocenters. The molecule has 25 heavy (non-hydrogen) atoms. The topological polar surface area (TPSA) is 87.0 Å². The Hall–Kier alpha value is -2.11. The normalized spacial score (nSPS) is 25.7. The number of hydrogen-bond donors (Lipinski definition) is 0. The van der Waals surface area contributed by atoms with Crippen molar-refractivity contribution in [2.45, 2.75) is 53.1 Å². The van der Waals surface area contributed by atoms with E-state index in [1.807, 2.05) is 6.08 Å². The molecule has 0 aromatic heterocycles. The van der Waals surface area contributed by atoms with Crippen LogP contribution < -0.4 is 5.11 Å². The third-order valence-electron chi connectivity index (χ3n) is 4.99. The summed E-state index contributed by atoms with van der Waals surface area (Å²) < 4.78 is 15.9. The van der Waals surface area contributed by atoms with Gasteiger partial charge in [0.1, 0.15) is 6.10 Å². The van der Waals surface area contributed by atoms with Crippen molar-refractivity contribution in [2.24, 2.45) is 17.3 Å². The number of allylic oxidation sites excluding steroid dienone is 2. The monoisotopic (exact) mass is 350 g/mol. The van der Waals surface area contributed by atoms with Gasteiger partial charge in [-0.3, -0.25) is 4.79 Å². The van der Waals surface area contributed by atoms with Crippen molar-refractivity contribution < 1.29 is 28.6 Å². The first-order chi connectivity index (χ1) is 11.7. The second-order valence-corrected chi connectivity index (χ2v) is 7.07. The van der Waals surface area contributed by atoms with E-state index in [2.05, 4.69) is 20.4 Å². The summed E-state index contributed by atoms with van der Waals surface area (Å²) in [5.74, 6) is -0.798. The summed E-state index contributed by atoms with van der Waals surface area (Å²) in [5.41, 5.74) is -0.0133. The maximum atomic E-state index is 11.9. The Morgan fingerprint density at radius 3 is 2.64 bits per heavy atom. The van der Waals surface area contributed by atoms with Crippen LogP contribution in [0.2, 0.25) is 0 Å². The minimum absolute atomic E-state index is 0.0133. The van der Waals surface area contributed by atoms with Crippen LogP contribution in [0.1, 0.15) is 47.0 Å². The Morgan fingerprint density at radius 2 is 2.12 bits per heavy atom. The number of ether oxygens (including phenoxy) is 2. The van der Waals surface area contributed by atoms with Gasteiger partial charge in [0, 0.05) is 12.8 Å². The molecule has 1 heterocycles. The van der Waals surface area contributed by atoms with Crippen molar-refractivity contribution in [3.05, 3.63) is 24.2 Å². The Labute approximate surface area is 148 Å². The van der Waals surface area contributed by atoms with Crippen LogP contribution in [0.4, 0.5) is 0 Å². The van der Waals surface area contributed by atoms with E-state index < -0.39 is 5.97 Å². The van der Waals surface area contributed by atoms with Gasteiger partial charge in [0.2, 0.25) is 0 Å². The molecular weight excluding hydrogens is 324 g/mol. The molecule has 1 saturated carbocycles. The first-order valence-electron chi connectivity index (χ1n) is 8.61. The standard InChI is InChI=1S/C19H26O6/c1-6-13-16(19(13,4)5)15(24-11(3)20)10-12-8-9-14(21)17(25-12)18(22)23-7-2/h6,13,15-16H,1,7-10H2,2-5H3/t13-,15-,16-/m0/s1. The average Bonchev–Trinajstić information content (AvgIpc) is 3.09. The second-order valence-electron chi connectivity index (χ2n) is 7.07. The van der Waals surface area contributed by atoms with Crippen molar-refractivity contribution in [1.29, 1.82) is 0 Å². The summed E-state index contributed by atoms with van der Waals surface area (Å²) in [5, 5.41) is 11.9. The van der Waals surface area contributed by atoms with Crippen molar-refractivity contribution in [3.63, 3.8) is 0 Å². The number of esters is 2. The molecule has 138 valence electrons. The quantitative estimate of drug-likeness (QED) is 0.397. The SMILES string of the molecule is C=C[C@H]1[C@@H]([C@H](CC2=[O+]C(C(=O)OCC)=C([O-])CC2)OC(C)=O)C1(C)C. The Balaban J connectivity index is 2.19. The van der Waals surface area contributed by atoms with Gasteiger partial charge in [-0.05, 0) is 30.4 Å². The summed E-state index contributed by atoms with van der Waals surface area (Å²) in [6.07, 6.45) is 2.46. The number of ketones is 1. The first-order valence-corrected chi connectivity index (χ1v) is 8.61. The number of rotatable bonds is 7. The fourth-order valence-corrected chi connectivity index (χ4v) is 3.67. The molecule has 0 spiro atoms. The minimum atomic E-state index is -0.746. The van der Waals surface area contributed by atoms with Crippen molar-refractivity contribution >= 4 is 17.7 Å². The van der Waals surface area contributed by atoms with Crippen LogP contribution in [-0.4, -0.2) is 30.4 Å². The van der Waals surface area contributed by atoms with Gasteiger partial charge >= 0.3 is 23.5 Å². The van der Waals surface area contributed by atoms with Crippen molar-refractivity contribution in [2.75, 3.05) is 6.61 Å². The van der Waals surface area contributed by atoms with Gasteiger partial charge in [0.05, 0.1) is 19.4 Å². The lowest BCUT2D eigenvalue weighted by Gasteiger charge is -2.18. The highest BCUT2D eigenvalue weighted by Crippen LogP contribution is 2.61. The molecule has 6 nitrogen and oxygen atoms in total. The molecule has 3 atom stereocenters. The maximum absolute atomic E-state index is 11.9. The zero-order valence-electron chi connectivity index (χ0n) is 15.3. The molecule has 1 fully saturated rings. The third kappa shape index (κ3) is 4.11. The van der Waals surface area contributed by atoms with Crippen LogP contribution in [0.3, 0.4) is 0 Å². The molecule has 2 rings (SSSR count). The zero-order chi connectivity index (χ0) is 18.8. The highest BCUT2D eigenvalue weighted by atomic mass is 16.6. The van der Waals surface area contributed by atoms with Gasteiger partial charge in [0.25, 0.3) is 0 Å². The van der Waals surface area contributed by atoms with E-state index >= 15 is 0 Å². The first kappa shape index (κ1) is 19.2. The molecule has 0 saturated heterocycles. The van der Waals surface area contributed by atoms with Gasteiger partial charge in [-0.15, -0.1) is 6.58 Å². The van der Waals surface area contributed by atoms with Gasteiger partial charge in [-0.1, -0.05) is 19.9 Å². The van der Waals surface area contributed by atoms with E-state index in [0.717, 1.165) is 0 Å². The lowest BCUT2D eigenvalue weighted by atomic mass is 9.99. The van der Waals surface area contributed by atoms with Crippen molar-refractivity contribution in [3.8, 4) is 0 Å². The van der Waals surface area contributed by atoms with E-state index in [0.29, 0.717) is 18.6 Å². The largest absolute Gasteiger partial charge is 0.869 e. The highest BCUT2D eigenvalue weighted by molar-refractivity contribution is 5.89. The Bertz CT molecular complexity index is 628. The van der Waals surface area contributed by atoms with Gasteiger partial charge in [-0.25, -0.2) is 9.22 Å². The third-order valence-corrected chi connectivity index (χ3v) is 4.99. The molecule has 1 aliphatic carbocycles. The summed E-state index contributed by atoms with van der Waals surface area (Å²) in [6, 6.07) is 0. The predicted molar refractivity (Wildman–Crippen MR) is 89.0 cm³/mol. The smallest absolute Gasteiger partial charge is 0.436 e. The summed E-state index contributed by atoms with van der Waals surface area (Å²) in [4.78, 5) is 23.4. The van der Waals surface area contributed by atoms with E-state index in [1.165, 1.54) is 6.92 Å². The molecule has 0 aromatic rings.